The summed E-state index contributed by atoms with van der Waals surface area (Å²) < 4.78 is 5.49. The van der Waals surface area contributed by atoms with E-state index in [2.05, 4.69) is 17.4 Å². The van der Waals surface area contributed by atoms with Crippen LogP contribution in [0.15, 0.2) is 42.5 Å². The summed E-state index contributed by atoms with van der Waals surface area (Å²) in [4.78, 5) is 0. The summed E-state index contributed by atoms with van der Waals surface area (Å²) in [6.45, 7) is 5.44. The average molecular weight is 276 g/mol. The molecule has 2 rings (SSSR count). The first-order chi connectivity index (χ1) is 9.20. The first kappa shape index (κ1) is 13.8. The van der Waals surface area contributed by atoms with Crippen molar-refractivity contribution in [3.05, 3.63) is 58.6 Å². The summed E-state index contributed by atoms with van der Waals surface area (Å²) in [6.07, 6.45) is 0. The van der Waals surface area contributed by atoms with Crippen molar-refractivity contribution in [2.45, 2.75) is 20.4 Å². The summed E-state index contributed by atoms with van der Waals surface area (Å²) in [5, 5.41) is 4.18. The number of hydrogen-bond acceptors (Lipinski definition) is 2. The van der Waals surface area contributed by atoms with E-state index in [1.54, 1.807) is 0 Å². The van der Waals surface area contributed by atoms with E-state index in [1.807, 2.05) is 44.2 Å². The Morgan fingerprint density at radius 1 is 1.16 bits per heavy atom. The van der Waals surface area contributed by atoms with Gasteiger partial charge in [-0.25, -0.2) is 0 Å². The molecule has 2 nitrogen and oxygen atoms in total. The quantitative estimate of drug-likeness (QED) is 0.857. The fourth-order valence-corrected chi connectivity index (χ4v) is 2.08. The fourth-order valence-electron chi connectivity index (χ4n) is 1.91. The maximum atomic E-state index is 6.10. The molecule has 1 N–H and O–H groups in total. The number of hydrogen-bond donors (Lipinski definition) is 1. The van der Waals surface area contributed by atoms with Crippen molar-refractivity contribution in [2.75, 3.05) is 11.9 Å². The molecule has 0 atom stereocenters. The second kappa shape index (κ2) is 6.48. The van der Waals surface area contributed by atoms with E-state index >= 15 is 0 Å². The van der Waals surface area contributed by atoms with Crippen molar-refractivity contribution in [1.29, 1.82) is 0 Å². The van der Waals surface area contributed by atoms with Gasteiger partial charge in [-0.15, -0.1) is 0 Å². The van der Waals surface area contributed by atoms with Crippen LogP contribution in [0.1, 0.15) is 18.1 Å². The molecule has 0 aliphatic rings. The summed E-state index contributed by atoms with van der Waals surface area (Å²) in [5.74, 6) is 0.907. The largest absolute Gasteiger partial charge is 0.494 e. The van der Waals surface area contributed by atoms with Gasteiger partial charge in [0.2, 0.25) is 0 Å². The van der Waals surface area contributed by atoms with Crippen molar-refractivity contribution < 1.29 is 4.74 Å². The lowest BCUT2D eigenvalue weighted by Crippen LogP contribution is -2.01. The Morgan fingerprint density at radius 3 is 2.74 bits per heavy atom. The number of anilines is 1. The van der Waals surface area contributed by atoms with Gasteiger partial charge in [0, 0.05) is 17.3 Å². The highest BCUT2D eigenvalue weighted by Crippen LogP contribution is 2.23. The number of ether oxygens (including phenoxy) is 1. The van der Waals surface area contributed by atoms with Gasteiger partial charge in [0.15, 0.2) is 0 Å². The SMILES string of the molecule is CCOc1cccc(CNc2cccc(Cl)c2C)c1. The Kier molecular flexibility index (Phi) is 4.69. The van der Waals surface area contributed by atoms with E-state index in [4.69, 9.17) is 16.3 Å². The van der Waals surface area contributed by atoms with Crippen molar-refractivity contribution in [3.8, 4) is 5.75 Å². The summed E-state index contributed by atoms with van der Waals surface area (Å²) in [5.41, 5.74) is 3.32. The van der Waals surface area contributed by atoms with Crippen LogP contribution in [0.3, 0.4) is 0 Å². The van der Waals surface area contributed by atoms with Gasteiger partial charge in [0.25, 0.3) is 0 Å². The molecule has 0 fully saturated rings. The molecule has 19 heavy (non-hydrogen) atoms. The second-order valence-electron chi connectivity index (χ2n) is 4.35. The molecular formula is C16H18ClNO. The highest BCUT2D eigenvalue weighted by atomic mass is 35.5. The zero-order valence-corrected chi connectivity index (χ0v) is 12.0. The Labute approximate surface area is 119 Å². The van der Waals surface area contributed by atoms with Gasteiger partial charge in [-0.2, -0.15) is 0 Å². The molecule has 0 saturated carbocycles. The lowest BCUT2D eigenvalue weighted by atomic mass is 10.1. The number of nitrogens with one attached hydrogen (secondary N) is 1. The highest BCUT2D eigenvalue weighted by Gasteiger charge is 2.02. The Morgan fingerprint density at radius 2 is 1.95 bits per heavy atom. The van der Waals surface area contributed by atoms with Gasteiger partial charge >= 0.3 is 0 Å². The third-order valence-corrected chi connectivity index (χ3v) is 3.37. The molecule has 0 radical (unpaired) electrons. The van der Waals surface area contributed by atoms with Crippen LogP contribution in [-0.4, -0.2) is 6.61 Å². The van der Waals surface area contributed by atoms with E-state index in [9.17, 15) is 0 Å². The standard InChI is InChI=1S/C16H18ClNO/c1-3-19-14-7-4-6-13(10-14)11-18-16-9-5-8-15(17)12(16)2/h4-10,18H,3,11H2,1-2H3. The predicted octanol–water partition coefficient (Wildman–Crippen LogP) is 4.66. The van der Waals surface area contributed by atoms with Crippen LogP contribution in [0, 0.1) is 6.92 Å². The topological polar surface area (TPSA) is 21.3 Å². The summed E-state index contributed by atoms with van der Waals surface area (Å²) in [6, 6.07) is 14.0. The molecule has 100 valence electrons. The molecule has 0 spiro atoms. The molecule has 0 heterocycles. The molecule has 0 amide bonds. The zero-order valence-electron chi connectivity index (χ0n) is 11.2. The lowest BCUT2D eigenvalue weighted by Gasteiger charge is -2.11. The Hall–Kier alpha value is -1.67. The van der Waals surface area contributed by atoms with Crippen molar-refractivity contribution in [2.24, 2.45) is 0 Å². The minimum absolute atomic E-state index is 0.685. The van der Waals surface area contributed by atoms with Gasteiger partial charge in [0.1, 0.15) is 5.75 Å². The van der Waals surface area contributed by atoms with Crippen LogP contribution in [0.25, 0.3) is 0 Å². The lowest BCUT2D eigenvalue weighted by molar-refractivity contribution is 0.340. The Balaban J connectivity index is 2.06. The molecule has 2 aromatic carbocycles. The summed E-state index contributed by atoms with van der Waals surface area (Å²) >= 11 is 6.10. The monoisotopic (exact) mass is 275 g/mol. The van der Waals surface area contributed by atoms with Crippen LogP contribution >= 0.6 is 11.6 Å². The zero-order chi connectivity index (χ0) is 13.7. The number of benzene rings is 2. The molecule has 0 saturated heterocycles. The first-order valence-corrected chi connectivity index (χ1v) is 6.79. The van der Waals surface area contributed by atoms with Crippen molar-refractivity contribution in [3.63, 3.8) is 0 Å². The third kappa shape index (κ3) is 3.65. The number of rotatable bonds is 5. The van der Waals surface area contributed by atoms with Crippen LogP contribution in [0.5, 0.6) is 5.75 Å². The molecular weight excluding hydrogens is 258 g/mol. The average Bonchev–Trinajstić information content (AvgIpc) is 2.41. The van der Waals surface area contributed by atoms with Crippen LogP contribution in [-0.2, 0) is 6.54 Å². The van der Waals surface area contributed by atoms with Gasteiger partial charge in [0.05, 0.1) is 6.61 Å². The van der Waals surface area contributed by atoms with E-state index in [0.717, 1.165) is 28.6 Å². The van der Waals surface area contributed by atoms with Crippen molar-refractivity contribution in [1.82, 2.24) is 0 Å². The minimum atomic E-state index is 0.685. The molecule has 0 bridgehead atoms. The predicted molar refractivity (Wildman–Crippen MR) is 81.1 cm³/mol. The maximum absolute atomic E-state index is 6.10. The molecule has 0 aromatic heterocycles. The molecule has 2 aromatic rings. The van der Waals surface area contributed by atoms with Gasteiger partial charge in [-0.1, -0.05) is 29.8 Å². The van der Waals surface area contributed by atoms with Gasteiger partial charge in [-0.05, 0) is 49.2 Å². The molecule has 0 aliphatic heterocycles. The van der Waals surface area contributed by atoms with Crippen molar-refractivity contribution >= 4 is 17.3 Å². The van der Waals surface area contributed by atoms with E-state index < -0.39 is 0 Å². The summed E-state index contributed by atoms with van der Waals surface area (Å²) in [7, 11) is 0. The third-order valence-electron chi connectivity index (χ3n) is 2.96. The van der Waals surface area contributed by atoms with Crippen LogP contribution in [0.4, 0.5) is 5.69 Å². The fraction of sp³-hybridized carbons (Fsp3) is 0.250. The van der Waals surface area contributed by atoms with Crippen LogP contribution in [0.2, 0.25) is 5.02 Å². The minimum Gasteiger partial charge on any atom is -0.494 e. The maximum Gasteiger partial charge on any atom is 0.119 e. The van der Waals surface area contributed by atoms with E-state index in [0.29, 0.717) is 6.61 Å². The molecule has 3 heteroatoms. The van der Waals surface area contributed by atoms with Gasteiger partial charge < -0.3 is 10.1 Å². The van der Waals surface area contributed by atoms with E-state index in [-0.39, 0.29) is 0 Å². The van der Waals surface area contributed by atoms with Gasteiger partial charge in [-0.3, -0.25) is 0 Å². The number of halogens is 1. The highest BCUT2D eigenvalue weighted by molar-refractivity contribution is 6.31. The normalized spacial score (nSPS) is 10.3. The first-order valence-electron chi connectivity index (χ1n) is 6.41. The van der Waals surface area contributed by atoms with E-state index in [1.165, 1.54) is 5.56 Å². The van der Waals surface area contributed by atoms with Crippen LogP contribution < -0.4 is 10.1 Å². The molecule has 0 aliphatic carbocycles. The second-order valence-corrected chi connectivity index (χ2v) is 4.75. The Bertz CT molecular complexity index is 554. The smallest absolute Gasteiger partial charge is 0.119 e. The molecule has 0 unspecified atom stereocenters.